The van der Waals surface area contributed by atoms with Gasteiger partial charge in [-0.25, -0.2) is 0 Å². The molecule has 0 aliphatic carbocycles. The van der Waals surface area contributed by atoms with E-state index in [2.05, 4.69) is 23.6 Å². The minimum Gasteiger partial charge on any atom is -0.370 e. The maximum Gasteiger partial charge on any atom is 0.269 e. The molecule has 144 valence electrons. The van der Waals surface area contributed by atoms with Crippen molar-refractivity contribution < 1.29 is 4.92 Å². The van der Waals surface area contributed by atoms with Crippen LogP contribution in [0.2, 0.25) is 0 Å². The Morgan fingerprint density at radius 1 is 0.920 bits per heavy atom. The molecule has 2 fully saturated rings. The Hall–Kier alpha value is -1.62. The maximum absolute atomic E-state index is 10.6. The van der Waals surface area contributed by atoms with Crippen LogP contribution in [-0.4, -0.2) is 42.0 Å². The van der Waals surface area contributed by atoms with Gasteiger partial charge in [0.2, 0.25) is 0 Å². The van der Waals surface area contributed by atoms with Crippen molar-refractivity contribution >= 4 is 11.4 Å². The van der Waals surface area contributed by atoms with E-state index in [1.54, 1.807) is 12.1 Å². The molecule has 0 unspecified atom stereocenters. The first-order chi connectivity index (χ1) is 12.0. The number of benzene rings is 1. The summed E-state index contributed by atoms with van der Waals surface area (Å²) in [6, 6.07) is 7.51. The molecule has 2 saturated heterocycles. The van der Waals surface area contributed by atoms with Crippen molar-refractivity contribution in [2.75, 3.05) is 31.1 Å². The number of rotatable bonds is 3. The molecule has 0 N–H and O–H groups in total. The van der Waals surface area contributed by atoms with Gasteiger partial charge in [-0.2, -0.15) is 0 Å². The Labute approximate surface area is 154 Å². The molecule has 1 aromatic rings. The number of likely N-dealkylation sites (tertiary alicyclic amines) is 1. The van der Waals surface area contributed by atoms with Crippen LogP contribution in [0.5, 0.6) is 0 Å². The second-order valence-corrected chi connectivity index (χ2v) is 6.13. The Morgan fingerprint density at radius 2 is 1.36 bits per heavy atom. The van der Waals surface area contributed by atoms with Gasteiger partial charge in [0.05, 0.1) is 4.92 Å². The minimum absolute atomic E-state index is 0.161. The number of anilines is 1. The first kappa shape index (κ1) is 23.4. The Kier molecular flexibility index (Phi) is 10.4. The lowest BCUT2D eigenvalue weighted by molar-refractivity contribution is -0.384. The molecule has 0 aromatic heterocycles. The summed E-state index contributed by atoms with van der Waals surface area (Å²) >= 11 is 0. The molecular weight excluding hydrogens is 314 g/mol. The third kappa shape index (κ3) is 5.70. The predicted molar refractivity (Wildman–Crippen MR) is 108 cm³/mol. The van der Waals surface area contributed by atoms with Crippen LogP contribution < -0.4 is 4.90 Å². The van der Waals surface area contributed by atoms with Gasteiger partial charge in [-0.05, 0) is 26.0 Å². The SMILES string of the molecule is CC.CC.CC.CC(C)N1CC2(CN(c3ccc([N+](=O)[O-])cc3)C2)C1. The van der Waals surface area contributed by atoms with Crippen molar-refractivity contribution in [3.8, 4) is 0 Å². The number of nitro benzene ring substituents is 1. The highest BCUT2D eigenvalue weighted by molar-refractivity contribution is 5.54. The van der Waals surface area contributed by atoms with E-state index in [4.69, 9.17) is 0 Å². The normalized spacial score (nSPS) is 16.9. The molecule has 0 radical (unpaired) electrons. The molecule has 2 aliphatic rings. The first-order valence-electron chi connectivity index (χ1n) is 9.73. The van der Waals surface area contributed by atoms with Crippen molar-refractivity contribution in [2.24, 2.45) is 5.41 Å². The quantitative estimate of drug-likeness (QED) is 0.554. The number of hydrogen-bond acceptors (Lipinski definition) is 4. The van der Waals surface area contributed by atoms with E-state index in [0.29, 0.717) is 11.5 Å². The van der Waals surface area contributed by atoms with Crippen LogP contribution in [0.3, 0.4) is 0 Å². The molecule has 5 nitrogen and oxygen atoms in total. The summed E-state index contributed by atoms with van der Waals surface area (Å²) in [6.45, 7) is 21.0. The molecule has 2 aliphatic heterocycles. The van der Waals surface area contributed by atoms with Crippen LogP contribution in [0, 0.1) is 15.5 Å². The van der Waals surface area contributed by atoms with Crippen LogP contribution in [0.25, 0.3) is 0 Å². The zero-order valence-corrected chi connectivity index (χ0v) is 17.4. The smallest absolute Gasteiger partial charge is 0.269 e. The van der Waals surface area contributed by atoms with Crippen LogP contribution in [-0.2, 0) is 0 Å². The highest BCUT2D eigenvalue weighted by Crippen LogP contribution is 2.42. The van der Waals surface area contributed by atoms with Gasteiger partial charge >= 0.3 is 0 Å². The summed E-state index contributed by atoms with van der Waals surface area (Å²) in [5, 5.41) is 10.6. The molecule has 0 saturated carbocycles. The third-order valence-corrected chi connectivity index (χ3v) is 4.29. The van der Waals surface area contributed by atoms with E-state index >= 15 is 0 Å². The van der Waals surface area contributed by atoms with Gasteiger partial charge in [0.1, 0.15) is 0 Å². The Bertz CT molecular complexity index is 486. The molecule has 3 rings (SSSR count). The van der Waals surface area contributed by atoms with Crippen LogP contribution in [0.4, 0.5) is 11.4 Å². The molecular formula is C20H37N3O2. The van der Waals surface area contributed by atoms with Gasteiger partial charge in [-0.15, -0.1) is 0 Å². The second kappa shape index (κ2) is 11.1. The fraction of sp³-hybridized carbons (Fsp3) is 0.700. The summed E-state index contributed by atoms with van der Waals surface area (Å²) in [5.41, 5.74) is 1.74. The number of nitro groups is 1. The molecule has 1 aromatic carbocycles. The summed E-state index contributed by atoms with van der Waals surface area (Å²) in [5.74, 6) is 0. The van der Waals surface area contributed by atoms with Crippen molar-refractivity contribution in [3.63, 3.8) is 0 Å². The van der Waals surface area contributed by atoms with Gasteiger partial charge in [0.15, 0.2) is 0 Å². The van der Waals surface area contributed by atoms with E-state index in [0.717, 1.165) is 18.8 Å². The third-order valence-electron chi connectivity index (χ3n) is 4.29. The van der Waals surface area contributed by atoms with Crippen molar-refractivity contribution in [3.05, 3.63) is 34.4 Å². The number of non-ortho nitro benzene ring substituents is 1. The van der Waals surface area contributed by atoms with Gasteiger partial charge < -0.3 is 4.90 Å². The lowest BCUT2D eigenvalue weighted by Gasteiger charge is -2.62. The van der Waals surface area contributed by atoms with Crippen LogP contribution >= 0.6 is 0 Å². The average molecular weight is 352 g/mol. The summed E-state index contributed by atoms with van der Waals surface area (Å²) in [4.78, 5) is 15.1. The summed E-state index contributed by atoms with van der Waals surface area (Å²) < 4.78 is 0. The monoisotopic (exact) mass is 351 g/mol. The maximum atomic E-state index is 10.6. The standard InChI is InChI=1S/C14H19N3O2.3C2H6/c1-11(2)15-7-14(8-15)9-16(10-14)12-3-5-13(6-4-12)17(18)19;3*1-2/h3-6,11H,7-10H2,1-2H3;3*1-2H3. The minimum atomic E-state index is -0.353. The number of nitrogens with zero attached hydrogens (tertiary/aromatic N) is 3. The van der Waals surface area contributed by atoms with E-state index < -0.39 is 0 Å². The van der Waals surface area contributed by atoms with Gasteiger partial charge in [0.25, 0.3) is 5.69 Å². The average Bonchev–Trinajstić information content (AvgIpc) is 2.58. The van der Waals surface area contributed by atoms with Crippen molar-refractivity contribution in [1.82, 2.24) is 4.90 Å². The van der Waals surface area contributed by atoms with Crippen LogP contribution in [0.15, 0.2) is 24.3 Å². The molecule has 1 spiro atoms. The molecule has 25 heavy (non-hydrogen) atoms. The fourth-order valence-electron chi connectivity index (χ4n) is 3.11. The second-order valence-electron chi connectivity index (χ2n) is 6.13. The van der Waals surface area contributed by atoms with E-state index in [9.17, 15) is 10.1 Å². The van der Waals surface area contributed by atoms with Gasteiger partial charge in [-0.3, -0.25) is 15.0 Å². The van der Waals surface area contributed by atoms with Crippen molar-refractivity contribution in [2.45, 2.75) is 61.4 Å². The van der Waals surface area contributed by atoms with E-state index in [1.165, 1.54) is 13.1 Å². The van der Waals surface area contributed by atoms with E-state index in [-0.39, 0.29) is 10.6 Å². The number of hydrogen-bond donors (Lipinski definition) is 0. The lowest BCUT2D eigenvalue weighted by Crippen LogP contribution is -2.73. The molecule has 2 heterocycles. The van der Waals surface area contributed by atoms with Gasteiger partial charge in [0, 0.05) is 55.5 Å². The summed E-state index contributed by atoms with van der Waals surface area (Å²) in [7, 11) is 0. The van der Waals surface area contributed by atoms with Gasteiger partial charge in [-0.1, -0.05) is 41.5 Å². The Morgan fingerprint density at radius 3 is 1.72 bits per heavy atom. The zero-order chi connectivity index (χ0) is 19.6. The fourth-order valence-corrected chi connectivity index (χ4v) is 3.11. The van der Waals surface area contributed by atoms with Crippen LogP contribution in [0.1, 0.15) is 55.4 Å². The Balaban J connectivity index is 0.000000871. The molecule has 0 bridgehead atoms. The van der Waals surface area contributed by atoms with Crippen molar-refractivity contribution in [1.29, 1.82) is 0 Å². The predicted octanol–water partition coefficient (Wildman–Crippen LogP) is 5.20. The van der Waals surface area contributed by atoms with E-state index in [1.807, 2.05) is 53.7 Å². The highest BCUT2D eigenvalue weighted by Gasteiger charge is 2.52. The first-order valence-corrected chi connectivity index (χ1v) is 9.73. The molecule has 0 atom stereocenters. The zero-order valence-electron chi connectivity index (χ0n) is 17.4. The highest BCUT2D eigenvalue weighted by atomic mass is 16.6. The molecule has 5 heteroatoms. The molecule has 0 amide bonds. The lowest BCUT2D eigenvalue weighted by atomic mass is 9.72. The summed E-state index contributed by atoms with van der Waals surface area (Å²) in [6.07, 6.45) is 0. The topological polar surface area (TPSA) is 49.6 Å². The largest absolute Gasteiger partial charge is 0.370 e.